The third-order valence-corrected chi connectivity index (χ3v) is 3.32. The largest absolute Gasteiger partial charge is 0.383 e. The van der Waals surface area contributed by atoms with E-state index in [2.05, 4.69) is 30.4 Å². The van der Waals surface area contributed by atoms with E-state index < -0.39 is 0 Å². The number of nitrogens with two attached hydrogens (primary N) is 1. The van der Waals surface area contributed by atoms with Gasteiger partial charge in [-0.1, -0.05) is 19.9 Å². The maximum absolute atomic E-state index is 6.04. The summed E-state index contributed by atoms with van der Waals surface area (Å²) in [5.41, 5.74) is 8.22. The summed E-state index contributed by atoms with van der Waals surface area (Å²) < 4.78 is 1.75. The van der Waals surface area contributed by atoms with Gasteiger partial charge in [0.1, 0.15) is 5.82 Å². The van der Waals surface area contributed by atoms with Gasteiger partial charge in [0, 0.05) is 11.9 Å². The van der Waals surface area contributed by atoms with Crippen LogP contribution in [0.4, 0.5) is 5.82 Å². The number of aryl methyl sites for hydroxylation is 1. The van der Waals surface area contributed by atoms with Crippen molar-refractivity contribution < 1.29 is 0 Å². The number of aromatic nitrogens is 2. The number of hydrogen-bond donors (Lipinski definition) is 1. The van der Waals surface area contributed by atoms with Crippen molar-refractivity contribution in [2.75, 3.05) is 5.73 Å². The van der Waals surface area contributed by atoms with E-state index in [1.54, 1.807) is 16.0 Å². The number of thiophene rings is 1. The Bertz CT molecular complexity index is 454. The van der Waals surface area contributed by atoms with Crippen molar-refractivity contribution in [2.45, 2.75) is 19.8 Å². The molecule has 0 aromatic carbocycles. The molecule has 2 N–H and O–H groups in total. The van der Waals surface area contributed by atoms with Gasteiger partial charge in [0.15, 0.2) is 0 Å². The topological polar surface area (TPSA) is 43.8 Å². The third-order valence-electron chi connectivity index (χ3n) is 2.43. The van der Waals surface area contributed by atoms with Crippen LogP contribution in [-0.4, -0.2) is 9.78 Å². The summed E-state index contributed by atoms with van der Waals surface area (Å²) in [7, 11) is 1.89. The highest BCUT2D eigenvalue weighted by atomic mass is 32.1. The van der Waals surface area contributed by atoms with Crippen molar-refractivity contribution in [1.82, 2.24) is 9.78 Å². The van der Waals surface area contributed by atoms with Gasteiger partial charge >= 0.3 is 0 Å². The molecule has 15 heavy (non-hydrogen) atoms. The van der Waals surface area contributed by atoms with E-state index in [-0.39, 0.29) is 0 Å². The minimum Gasteiger partial charge on any atom is -0.383 e. The smallest absolute Gasteiger partial charge is 0.130 e. The fourth-order valence-corrected chi connectivity index (χ4v) is 2.42. The summed E-state index contributed by atoms with van der Waals surface area (Å²) in [5, 5.41) is 6.53. The molecule has 0 aliphatic carbocycles. The summed E-state index contributed by atoms with van der Waals surface area (Å²) in [4.78, 5) is 1.20. The average molecular weight is 221 g/mol. The van der Waals surface area contributed by atoms with Crippen LogP contribution in [0.2, 0.25) is 0 Å². The van der Waals surface area contributed by atoms with Gasteiger partial charge in [0.2, 0.25) is 0 Å². The van der Waals surface area contributed by atoms with Crippen molar-refractivity contribution in [3.05, 3.63) is 23.2 Å². The normalized spacial score (nSPS) is 11.2. The van der Waals surface area contributed by atoms with Gasteiger partial charge in [0.25, 0.3) is 0 Å². The number of hydrogen-bond acceptors (Lipinski definition) is 3. The lowest BCUT2D eigenvalue weighted by molar-refractivity contribution is 0.719. The second-order valence-corrected chi connectivity index (χ2v) is 4.85. The minimum absolute atomic E-state index is 0.394. The van der Waals surface area contributed by atoms with Crippen LogP contribution in [0.25, 0.3) is 10.4 Å². The molecule has 0 radical (unpaired) electrons. The molecule has 0 saturated heterocycles. The van der Waals surface area contributed by atoms with Crippen molar-refractivity contribution in [2.24, 2.45) is 7.05 Å². The Kier molecular flexibility index (Phi) is 2.52. The molecule has 0 unspecified atom stereocenters. The zero-order chi connectivity index (χ0) is 11.0. The van der Waals surface area contributed by atoms with Crippen LogP contribution in [-0.2, 0) is 7.05 Å². The molecule has 0 saturated carbocycles. The van der Waals surface area contributed by atoms with Crippen LogP contribution in [0.5, 0.6) is 0 Å². The monoisotopic (exact) mass is 221 g/mol. The summed E-state index contributed by atoms with van der Waals surface area (Å²) >= 11 is 1.70. The molecule has 80 valence electrons. The van der Waals surface area contributed by atoms with Crippen LogP contribution in [0.15, 0.2) is 17.5 Å². The van der Waals surface area contributed by atoms with Crippen molar-refractivity contribution in [3.63, 3.8) is 0 Å². The fourth-order valence-electron chi connectivity index (χ4n) is 1.64. The predicted molar refractivity (Wildman–Crippen MR) is 65.0 cm³/mol. The molecule has 4 heteroatoms. The van der Waals surface area contributed by atoms with Gasteiger partial charge in [-0.3, -0.25) is 4.68 Å². The van der Waals surface area contributed by atoms with Crippen LogP contribution >= 0.6 is 11.3 Å². The summed E-state index contributed by atoms with van der Waals surface area (Å²) in [6, 6.07) is 4.13. The Hall–Kier alpha value is -1.29. The van der Waals surface area contributed by atoms with Gasteiger partial charge in [-0.25, -0.2) is 0 Å². The molecule has 0 aliphatic rings. The first-order chi connectivity index (χ1) is 7.11. The lowest BCUT2D eigenvalue weighted by atomic mass is 10.0. The molecule has 0 bridgehead atoms. The first-order valence-electron chi connectivity index (χ1n) is 4.97. The Balaban J connectivity index is 2.63. The Morgan fingerprint density at radius 1 is 1.47 bits per heavy atom. The second-order valence-electron chi connectivity index (χ2n) is 3.90. The average Bonchev–Trinajstić information content (AvgIpc) is 2.76. The molecular weight excluding hydrogens is 206 g/mol. The molecule has 0 aliphatic heterocycles. The Labute approximate surface area is 93.5 Å². The van der Waals surface area contributed by atoms with Gasteiger partial charge in [0.05, 0.1) is 11.3 Å². The molecule has 2 heterocycles. The lowest BCUT2D eigenvalue weighted by Crippen LogP contribution is -1.97. The van der Waals surface area contributed by atoms with Crippen molar-refractivity contribution in [3.8, 4) is 10.4 Å². The standard InChI is InChI=1S/C11H15N3S/c1-7(2)10-9(8-5-4-6-15-8)11(12)14(3)13-10/h4-7H,12H2,1-3H3. The number of anilines is 1. The minimum atomic E-state index is 0.394. The quantitative estimate of drug-likeness (QED) is 0.847. The molecular formula is C11H15N3S. The van der Waals surface area contributed by atoms with Gasteiger partial charge in [-0.2, -0.15) is 5.10 Å². The summed E-state index contributed by atoms with van der Waals surface area (Å²) in [5.74, 6) is 1.15. The first-order valence-corrected chi connectivity index (χ1v) is 5.85. The fraction of sp³-hybridized carbons (Fsp3) is 0.364. The van der Waals surface area contributed by atoms with Gasteiger partial charge in [-0.05, 0) is 17.4 Å². The van der Waals surface area contributed by atoms with Gasteiger partial charge < -0.3 is 5.73 Å². The predicted octanol–water partition coefficient (Wildman–Crippen LogP) is 2.85. The zero-order valence-electron chi connectivity index (χ0n) is 9.19. The maximum Gasteiger partial charge on any atom is 0.130 e. The number of rotatable bonds is 2. The van der Waals surface area contributed by atoms with E-state index in [1.165, 1.54) is 4.88 Å². The molecule has 2 rings (SSSR count). The van der Waals surface area contributed by atoms with Gasteiger partial charge in [-0.15, -0.1) is 11.3 Å². The van der Waals surface area contributed by atoms with E-state index in [0.717, 1.165) is 17.1 Å². The highest BCUT2D eigenvalue weighted by Crippen LogP contribution is 2.35. The van der Waals surface area contributed by atoms with Crippen LogP contribution in [0.3, 0.4) is 0 Å². The SMILES string of the molecule is CC(C)c1nn(C)c(N)c1-c1cccs1. The van der Waals surface area contributed by atoms with Crippen molar-refractivity contribution >= 4 is 17.2 Å². The molecule has 0 atom stereocenters. The van der Waals surface area contributed by atoms with E-state index in [0.29, 0.717) is 5.92 Å². The third kappa shape index (κ3) is 1.65. The highest BCUT2D eigenvalue weighted by molar-refractivity contribution is 7.13. The Morgan fingerprint density at radius 3 is 2.73 bits per heavy atom. The van der Waals surface area contributed by atoms with Crippen LogP contribution in [0, 0.1) is 0 Å². The molecule has 0 spiro atoms. The van der Waals surface area contributed by atoms with Crippen LogP contribution < -0.4 is 5.73 Å². The zero-order valence-corrected chi connectivity index (χ0v) is 10.0. The summed E-state index contributed by atoms with van der Waals surface area (Å²) in [6.07, 6.45) is 0. The molecule has 0 fully saturated rings. The summed E-state index contributed by atoms with van der Waals surface area (Å²) in [6.45, 7) is 4.28. The number of nitrogen functional groups attached to an aromatic ring is 1. The molecule has 2 aromatic heterocycles. The molecule has 2 aromatic rings. The van der Waals surface area contributed by atoms with E-state index in [9.17, 15) is 0 Å². The van der Waals surface area contributed by atoms with Crippen molar-refractivity contribution in [1.29, 1.82) is 0 Å². The Morgan fingerprint density at radius 2 is 2.20 bits per heavy atom. The van der Waals surface area contributed by atoms with E-state index >= 15 is 0 Å². The maximum atomic E-state index is 6.04. The van der Waals surface area contributed by atoms with E-state index in [4.69, 9.17) is 5.73 Å². The van der Waals surface area contributed by atoms with Crippen LogP contribution in [0.1, 0.15) is 25.5 Å². The lowest BCUT2D eigenvalue weighted by Gasteiger charge is -2.03. The highest BCUT2D eigenvalue weighted by Gasteiger charge is 2.18. The first kappa shape index (κ1) is 10.2. The second kappa shape index (κ2) is 3.70. The molecule has 0 amide bonds. The number of nitrogens with zero attached hydrogens (tertiary/aromatic N) is 2. The molecule has 3 nitrogen and oxygen atoms in total. The van der Waals surface area contributed by atoms with E-state index in [1.807, 2.05) is 13.1 Å².